The second-order valence-electron chi connectivity index (χ2n) is 2.90. The summed E-state index contributed by atoms with van der Waals surface area (Å²) in [5, 5.41) is 65.8. The lowest BCUT2D eigenvalue weighted by atomic mass is 10.3. The molecule has 2 rings (SSSR count). The molecule has 16 heteroatoms. The lowest BCUT2D eigenvalue weighted by molar-refractivity contribution is -0.793. The van der Waals surface area contributed by atoms with Gasteiger partial charge in [-0.1, -0.05) is 48.9 Å². The Labute approximate surface area is 165 Å². The first kappa shape index (κ1) is 50.2. The van der Waals surface area contributed by atoms with Gasteiger partial charge in [0.1, 0.15) is 11.5 Å². The van der Waals surface area contributed by atoms with Crippen molar-refractivity contribution in [1.82, 2.24) is 0 Å². The molecule has 0 aliphatic heterocycles. The smallest absolute Gasteiger partial charge is 0.870 e. The summed E-state index contributed by atoms with van der Waals surface area (Å²) in [4.78, 5) is 14.0. The summed E-state index contributed by atoms with van der Waals surface area (Å²) in [6.07, 6.45) is 0. The highest BCUT2D eigenvalue weighted by molar-refractivity contribution is 5.19. The first-order chi connectivity index (χ1) is 12.0. The van der Waals surface area contributed by atoms with Crippen molar-refractivity contribution in [3.05, 3.63) is 70.6 Å². The summed E-state index contributed by atoms with van der Waals surface area (Å²) >= 11 is 0. The fraction of sp³-hybridized carbons (Fsp3) is 0.0769. The normalized spacial score (nSPS) is 6.14. The van der Waals surface area contributed by atoms with Crippen molar-refractivity contribution in [2.24, 2.45) is 0 Å². The third-order valence-electron chi connectivity index (χ3n) is 1.51. The summed E-state index contributed by atoms with van der Waals surface area (Å²) in [5.74, 6) is 0.644. The molecular formula is C13H26O16-2. The molecular weight excluding hydrogens is 412 g/mol. The molecule has 2 aromatic rings. The van der Waals surface area contributed by atoms with Crippen molar-refractivity contribution in [3.63, 3.8) is 0 Å². The van der Waals surface area contributed by atoms with Crippen LogP contribution in [0.25, 0.3) is 0 Å². The van der Waals surface area contributed by atoms with Crippen LogP contribution in [0.15, 0.2) is 60.7 Å². The number of phenols is 2. The molecule has 2 aromatic carbocycles. The van der Waals surface area contributed by atoms with E-state index in [0.29, 0.717) is 11.5 Å². The van der Waals surface area contributed by atoms with E-state index in [4.69, 9.17) is 51.7 Å². The molecule has 0 saturated heterocycles. The Hall–Kier alpha value is -2.84. The predicted octanol–water partition coefficient (Wildman–Crippen LogP) is -0.775. The fourth-order valence-corrected chi connectivity index (χ4v) is 0.856. The molecule has 0 spiro atoms. The average molecular weight is 438 g/mol. The van der Waals surface area contributed by atoms with Crippen LogP contribution in [0.1, 0.15) is 8.85 Å². The summed E-state index contributed by atoms with van der Waals surface area (Å²) in [5.41, 5.74) is 0. The van der Waals surface area contributed by atoms with Gasteiger partial charge in [-0.15, -0.1) is 0 Å². The topological polar surface area (TPSA) is 322 Å². The molecule has 0 amide bonds. The number of hydrogen-bond acceptors (Lipinski definition) is 14. The number of hydrogen-bond donors (Lipinski definition) is 6. The average Bonchev–Trinajstić information content (AvgIpc) is 2.61. The summed E-state index contributed by atoms with van der Waals surface area (Å²) in [6, 6.07) is 17.4. The van der Waals surface area contributed by atoms with E-state index >= 15 is 0 Å². The molecule has 0 bridgehead atoms. The van der Waals surface area contributed by atoms with E-state index in [9.17, 15) is 0 Å². The molecule has 0 heterocycles. The van der Waals surface area contributed by atoms with Crippen molar-refractivity contribution in [2.45, 2.75) is 7.43 Å². The van der Waals surface area contributed by atoms with Crippen molar-refractivity contribution < 1.29 is 74.7 Å². The lowest BCUT2D eigenvalue weighted by Gasteiger charge is -1.82. The molecule has 0 aliphatic carbocycles. The number of rotatable bonds is 0. The molecule has 0 unspecified atom stereocenters. The molecule has 16 nitrogen and oxygen atoms in total. The summed E-state index contributed by atoms with van der Waals surface area (Å²) in [7, 11) is 0. The minimum Gasteiger partial charge on any atom is -0.870 e. The van der Waals surface area contributed by atoms with Crippen LogP contribution in [-0.2, 0) is 15.1 Å². The molecule has 11 N–H and O–H groups in total. The van der Waals surface area contributed by atoms with E-state index in [-0.39, 0.29) is 25.3 Å². The molecule has 0 aliphatic rings. The maximum Gasteiger partial charge on any atom is 1.00 e. The van der Waals surface area contributed by atoms with Crippen molar-refractivity contribution >= 4 is 0 Å². The van der Waals surface area contributed by atoms with Crippen molar-refractivity contribution in [2.75, 3.05) is 0 Å². The van der Waals surface area contributed by atoms with Gasteiger partial charge in [0.15, 0.2) is 0 Å². The Balaban J connectivity index is -0.0000000260. The number of phenolic OH excluding ortho intramolecular Hbond substituents is 2. The van der Waals surface area contributed by atoms with Gasteiger partial charge < -0.3 is 47.2 Å². The van der Waals surface area contributed by atoms with Crippen molar-refractivity contribution in [3.8, 4) is 11.5 Å². The maximum absolute atomic E-state index is 8.63. The van der Waals surface area contributed by atoms with Crippen LogP contribution in [0.4, 0.5) is 0 Å². The second-order valence-corrected chi connectivity index (χ2v) is 2.90. The lowest BCUT2D eigenvalue weighted by Crippen LogP contribution is -1.96. The molecule has 0 radical (unpaired) electrons. The standard InChI is InChI=1S/2C6H6O.CH4.3H2O3.O2.3H2O/c2*7-6-4-2-1-3-5-6;;3*1-3-2;1-2;;;/h2*1-5,7H;1H4;3*1-2H;;3*1H2/p-2. The maximum atomic E-state index is 8.63. The van der Waals surface area contributed by atoms with Crippen LogP contribution < -0.4 is 10.5 Å². The van der Waals surface area contributed by atoms with E-state index in [0.717, 1.165) is 0 Å². The van der Waals surface area contributed by atoms with Gasteiger partial charge in [0, 0.05) is 9.93 Å². The number of para-hydroxylation sites is 2. The van der Waals surface area contributed by atoms with Gasteiger partial charge in [0.05, 0.1) is 0 Å². The van der Waals surface area contributed by atoms with Crippen LogP contribution in [0, 0.1) is 9.93 Å². The van der Waals surface area contributed by atoms with E-state index in [1.54, 1.807) is 48.5 Å². The highest BCUT2D eigenvalue weighted by Gasteiger charge is 1.75. The minimum absolute atomic E-state index is 0. The van der Waals surface area contributed by atoms with Crippen LogP contribution in [-0.4, -0.2) is 47.7 Å². The van der Waals surface area contributed by atoms with Crippen LogP contribution in [0.5, 0.6) is 11.5 Å². The van der Waals surface area contributed by atoms with Crippen LogP contribution >= 0.6 is 0 Å². The quantitative estimate of drug-likeness (QED) is 0.217. The molecule has 29 heavy (non-hydrogen) atoms. The zero-order valence-electron chi connectivity index (χ0n) is 14.8. The third kappa shape index (κ3) is 77.9. The molecule has 0 fully saturated rings. The Kier molecular flexibility index (Phi) is 97.4. The van der Waals surface area contributed by atoms with Crippen molar-refractivity contribution in [1.29, 1.82) is 0 Å². The van der Waals surface area contributed by atoms with Crippen LogP contribution in [0.2, 0.25) is 0 Å². The number of aromatic hydroxyl groups is 2. The zero-order valence-corrected chi connectivity index (χ0v) is 13.8. The van der Waals surface area contributed by atoms with Gasteiger partial charge in [-0.25, -0.2) is 10.5 Å². The second kappa shape index (κ2) is 56.2. The first-order valence-corrected chi connectivity index (χ1v) is 5.50. The monoisotopic (exact) mass is 438 g/mol. The van der Waals surface area contributed by atoms with E-state index in [1.165, 1.54) is 0 Å². The van der Waals surface area contributed by atoms with Gasteiger partial charge in [0.2, 0.25) is 0 Å². The van der Waals surface area contributed by atoms with Gasteiger partial charge in [-0.2, -0.15) is 0 Å². The molecule has 0 atom stereocenters. The first-order valence-electron chi connectivity index (χ1n) is 5.50. The Morgan fingerprint density at radius 3 is 0.862 bits per heavy atom. The van der Waals surface area contributed by atoms with Gasteiger partial charge in [-0.3, -0.25) is 10.5 Å². The molecule has 0 saturated carbocycles. The SMILES string of the molecule is C.O.O.O=O.OOO.Oc1ccccc1.Oc1ccccc1.[H+].[O-]OO.[O-]OO.[OH-]. The molecule has 0 aromatic heterocycles. The highest BCUT2D eigenvalue weighted by atomic mass is 17.4. The van der Waals surface area contributed by atoms with Crippen LogP contribution in [0.3, 0.4) is 0 Å². The predicted molar refractivity (Wildman–Crippen MR) is 93.7 cm³/mol. The van der Waals surface area contributed by atoms with E-state index in [2.05, 4.69) is 5.04 Å². The highest BCUT2D eigenvalue weighted by Crippen LogP contribution is 2.03. The molecule has 176 valence electrons. The zero-order chi connectivity index (χ0) is 20.3. The van der Waals surface area contributed by atoms with Gasteiger partial charge >= 0.3 is 1.43 Å². The fourth-order valence-electron chi connectivity index (χ4n) is 0.856. The Bertz CT molecular complexity index is 382. The minimum atomic E-state index is 0. The Morgan fingerprint density at radius 2 is 0.793 bits per heavy atom. The largest absolute Gasteiger partial charge is 1.00 e. The van der Waals surface area contributed by atoms with E-state index < -0.39 is 0 Å². The number of benzene rings is 2. The summed E-state index contributed by atoms with van der Waals surface area (Å²) < 4.78 is 0. The third-order valence-corrected chi connectivity index (χ3v) is 1.51. The van der Waals surface area contributed by atoms with Gasteiger partial charge in [0.25, 0.3) is 0 Å². The summed E-state index contributed by atoms with van der Waals surface area (Å²) in [6.45, 7) is 0. The van der Waals surface area contributed by atoms with Gasteiger partial charge in [-0.05, 0) is 24.3 Å². The van der Waals surface area contributed by atoms with E-state index in [1.807, 2.05) is 22.2 Å². The Morgan fingerprint density at radius 1 is 0.655 bits per heavy atom.